The van der Waals surface area contributed by atoms with Crippen LogP contribution in [0.5, 0.6) is 5.75 Å². The van der Waals surface area contributed by atoms with Crippen molar-refractivity contribution in [3.8, 4) is 5.75 Å². The second-order valence-electron chi connectivity index (χ2n) is 4.37. The van der Waals surface area contributed by atoms with E-state index in [0.29, 0.717) is 18.2 Å². The molecule has 2 rings (SSSR count). The van der Waals surface area contributed by atoms with E-state index in [9.17, 15) is 4.79 Å². The van der Waals surface area contributed by atoms with Crippen LogP contribution < -0.4 is 10.1 Å². The maximum atomic E-state index is 11.7. The quantitative estimate of drug-likeness (QED) is 0.760. The molecule has 7 heteroatoms. The highest BCUT2D eigenvalue weighted by molar-refractivity contribution is 9.10. The van der Waals surface area contributed by atoms with Crippen LogP contribution in [0.25, 0.3) is 0 Å². The van der Waals surface area contributed by atoms with Crippen molar-refractivity contribution in [1.29, 1.82) is 0 Å². The van der Waals surface area contributed by atoms with Gasteiger partial charge in [0, 0.05) is 29.0 Å². The summed E-state index contributed by atoms with van der Waals surface area (Å²) in [7, 11) is 1.58. The summed E-state index contributed by atoms with van der Waals surface area (Å²) in [6, 6.07) is 7.28. The first-order chi connectivity index (χ1) is 10.7. The van der Waals surface area contributed by atoms with Gasteiger partial charge in [-0.05, 0) is 24.3 Å². The molecule has 0 unspecified atom stereocenters. The molecular formula is C15H16BrN3O3. The van der Waals surface area contributed by atoms with Crippen LogP contribution in [0.1, 0.15) is 12.0 Å². The Hall–Kier alpha value is -2.15. The smallest absolute Gasteiger partial charge is 0.307 e. The Labute approximate surface area is 137 Å². The van der Waals surface area contributed by atoms with Crippen molar-refractivity contribution < 1.29 is 14.3 Å². The maximum Gasteiger partial charge on any atom is 0.307 e. The van der Waals surface area contributed by atoms with Crippen molar-refractivity contribution in [3.63, 3.8) is 0 Å². The third kappa shape index (κ3) is 5.00. The van der Waals surface area contributed by atoms with E-state index in [1.54, 1.807) is 25.6 Å². The number of halogens is 1. The van der Waals surface area contributed by atoms with E-state index in [-0.39, 0.29) is 19.0 Å². The summed E-state index contributed by atoms with van der Waals surface area (Å²) in [5.41, 5.74) is 0.810. The third-order valence-corrected chi connectivity index (χ3v) is 3.30. The van der Waals surface area contributed by atoms with E-state index in [4.69, 9.17) is 9.47 Å². The first kappa shape index (κ1) is 16.2. The van der Waals surface area contributed by atoms with Gasteiger partial charge in [-0.3, -0.25) is 4.79 Å². The zero-order valence-electron chi connectivity index (χ0n) is 12.1. The van der Waals surface area contributed by atoms with Crippen LogP contribution in [0.3, 0.4) is 0 Å². The Morgan fingerprint density at radius 3 is 2.82 bits per heavy atom. The number of carbonyl (C=O) groups is 1. The zero-order chi connectivity index (χ0) is 15.8. The van der Waals surface area contributed by atoms with Gasteiger partial charge in [0.25, 0.3) is 0 Å². The van der Waals surface area contributed by atoms with Crippen LogP contribution in [0, 0.1) is 0 Å². The number of carbonyl (C=O) groups excluding carboxylic acids is 1. The summed E-state index contributed by atoms with van der Waals surface area (Å²) in [6.07, 6.45) is 3.50. The van der Waals surface area contributed by atoms with Crippen molar-refractivity contribution in [3.05, 3.63) is 46.7 Å². The minimum absolute atomic E-state index is 0.170. The molecule has 0 radical (unpaired) electrons. The highest BCUT2D eigenvalue weighted by atomic mass is 79.9. The number of aromatic nitrogens is 2. The fourth-order valence-electron chi connectivity index (χ4n) is 1.76. The van der Waals surface area contributed by atoms with Gasteiger partial charge in [0.05, 0.1) is 13.5 Å². The standard InChI is InChI=1S/C15H16BrN3O3/c1-21-13-4-3-12(16)9-11(13)10-22-14(20)5-8-19-15-17-6-2-7-18-15/h2-4,6-7,9H,5,8,10H2,1H3,(H,17,18,19). The second kappa shape index (κ2) is 8.33. The lowest BCUT2D eigenvalue weighted by Gasteiger charge is -2.10. The van der Waals surface area contributed by atoms with Gasteiger partial charge in [0.15, 0.2) is 0 Å². The van der Waals surface area contributed by atoms with Crippen LogP contribution in [0.4, 0.5) is 5.95 Å². The van der Waals surface area contributed by atoms with Gasteiger partial charge < -0.3 is 14.8 Å². The maximum absolute atomic E-state index is 11.7. The molecule has 0 fully saturated rings. The first-order valence-corrected chi connectivity index (χ1v) is 7.47. The largest absolute Gasteiger partial charge is 0.496 e. The van der Waals surface area contributed by atoms with Crippen LogP contribution in [-0.2, 0) is 16.1 Å². The molecule has 0 aliphatic rings. The number of hydrogen-bond acceptors (Lipinski definition) is 6. The molecule has 0 saturated carbocycles. The number of hydrogen-bond donors (Lipinski definition) is 1. The lowest BCUT2D eigenvalue weighted by molar-refractivity contribution is -0.144. The van der Waals surface area contributed by atoms with E-state index in [1.165, 1.54) is 0 Å². The van der Waals surface area contributed by atoms with Crippen molar-refractivity contribution in [2.24, 2.45) is 0 Å². The summed E-state index contributed by atoms with van der Waals surface area (Å²) in [5.74, 6) is 0.876. The van der Waals surface area contributed by atoms with Gasteiger partial charge in [0.2, 0.25) is 5.95 Å². The van der Waals surface area contributed by atoms with Crippen molar-refractivity contribution in [2.75, 3.05) is 19.0 Å². The van der Waals surface area contributed by atoms with E-state index in [1.807, 2.05) is 18.2 Å². The number of methoxy groups -OCH3 is 1. The van der Waals surface area contributed by atoms with E-state index in [2.05, 4.69) is 31.2 Å². The average Bonchev–Trinajstić information content (AvgIpc) is 2.54. The molecule has 1 aromatic carbocycles. The topological polar surface area (TPSA) is 73.3 Å². The molecule has 0 bridgehead atoms. The van der Waals surface area contributed by atoms with Crippen LogP contribution in [-0.4, -0.2) is 29.6 Å². The fourth-order valence-corrected chi connectivity index (χ4v) is 2.17. The van der Waals surface area contributed by atoms with Crippen LogP contribution >= 0.6 is 15.9 Å². The summed E-state index contributed by atoms with van der Waals surface area (Å²) in [4.78, 5) is 19.7. The van der Waals surface area contributed by atoms with Crippen LogP contribution in [0.2, 0.25) is 0 Å². The lowest BCUT2D eigenvalue weighted by atomic mass is 10.2. The minimum Gasteiger partial charge on any atom is -0.496 e. The molecule has 1 N–H and O–H groups in total. The molecule has 1 aromatic heterocycles. The lowest BCUT2D eigenvalue weighted by Crippen LogP contribution is -2.13. The molecule has 0 amide bonds. The second-order valence-corrected chi connectivity index (χ2v) is 5.28. The number of nitrogens with one attached hydrogen (secondary N) is 1. The Balaban J connectivity index is 1.77. The van der Waals surface area contributed by atoms with Gasteiger partial charge in [0.1, 0.15) is 12.4 Å². The molecule has 0 aliphatic carbocycles. The minimum atomic E-state index is -0.301. The summed E-state index contributed by atoms with van der Waals surface area (Å²) >= 11 is 3.38. The van der Waals surface area contributed by atoms with Gasteiger partial charge in [-0.1, -0.05) is 15.9 Å². The predicted molar refractivity (Wildman–Crippen MR) is 85.6 cm³/mol. The number of ether oxygens (including phenoxy) is 2. The Morgan fingerprint density at radius 1 is 1.32 bits per heavy atom. The monoisotopic (exact) mass is 365 g/mol. The van der Waals surface area contributed by atoms with Crippen molar-refractivity contribution >= 4 is 27.8 Å². The van der Waals surface area contributed by atoms with Crippen LogP contribution in [0.15, 0.2) is 41.1 Å². The Morgan fingerprint density at radius 2 is 2.09 bits per heavy atom. The summed E-state index contributed by atoms with van der Waals surface area (Å²) in [5, 5.41) is 2.95. The molecule has 0 aliphatic heterocycles. The Kier molecular flexibility index (Phi) is 6.14. The molecular weight excluding hydrogens is 350 g/mol. The molecule has 116 valence electrons. The molecule has 22 heavy (non-hydrogen) atoms. The van der Waals surface area contributed by atoms with E-state index < -0.39 is 0 Å². The first-order valence-electron chi connectivity index (χ1n) is 6.68. The SMILES string of the molecule is COc1ccc(Br)cc1COC(=O)CCNc1ncccn1. The number of anilines is 1. The Bertz CT molecular complexity index is 623. The molecule has 1 heterocycles. The van der Waals surface area contributed by atoms with Gasteiger partial charge in [-0.15, -0.1) is 0 Å². The average molecular weight is 366 g/mol. The van der Waals surface area contributed by atoms with E-state index >= 15 is 0 Å². The summed E-state index contributed by atoms with van der Waals surface area (Å²) < 4.78 is 11.4. The number of nitrogens with zero attached hydrogens (tertiary/aromatic N) is 2. The number of esters is 1. The molecule has 0 spiro atoms. The summed E-state index contributed by atoms with van der Waals surface area (Å²) in [6.45, 7) is 0.585. The van der Waals surface area contributed by atoms with E-state index in [0.717, 1.165) is 10.0 Å². The van der Waals surface area contributed by atoms with Crippen molar-refractivity contribution in [1.82, 2.24) is 9.97 Å². The molecule has 6 nitrogen and oxygen atoms in total. The highest BCUT2D eigenvalue weighted by Crippen LogP contribution is 2.23. The molecule has 0 saturated heterocycles. The normalized spacial score (nSPS) is 10.1. The molecule has 0 atom stereocenters. The third-order valence-electron chi connectivity index (χ3n) is 2.81. The highest BCUT2D eigenvalue weighted by Gasteiger charge is 2.08. The number of rotatable bonds is 7. The van der Waals surface area contributed by atoms with Gasteiger partial charge in [-0.2, -0.15) is 0 Å². The predicted octanol–water partition coefficient (Wildman–Crippen LogP) is 2.79. The zero-order valence-corrected chi connectivity index (χ0v) is 13.7. The fraction of sp³-hybridized carbons (Fsp3) is 0.267. The van der Waals surface area contributed by atoms with Gasteiger partial charge in [-0.25, -0.2) is 9.97 Å². The van der Waals surface area contributed by atoms with Crippen molar-refractivity contribution in [2.45, 2.75) is 13.0 Å². The number of benzene rings is 1. The van der Waals surface area contributed by atoms with Gasteiger partial charge >= 0.3 is 5.97 Å². The molecule has 2 aromatic rings.